The van der Waals surface area contributed by atoms with Crippen LogP contribution in [0.25, 0.3) is 5.69 Å². The highest BCUT2D eigenvalue weighted by molar-refractivity contribution is 5.56. The maximum atomic E-state index is 13.0. The molecule has 0 radical (unpaired) electrons. The molecule has 1 fully saturated rings. The zero-order valence-corrected chi connectivity index (χ0v) is 20.3. The molecule has 0 spiro atoms. The zero-order chi connectivity index (χ0) is 26.2. The minimum atomic E-state index is -4.68. The molecule has 1 saturated carbocycles. The second kappa shape index (κ2) is 9.93. The minimum absolute atomic E-state index is 0.0871. The quantitative estimate of drug-likeness (QED) is 0.351. The molecular weight excluding hydrogens is 473 g/mol. The fraction of sp³-hybridized carbons (Fsp3) is 0.423. The number of aliphatic hydroxyl groups excluding tert-OH is 1. The summed E-state index contributed by atoms with van der Waals surface area (Å²) < 4.78 is 40.4. The van der Waals surface area contributed by atoms with Crippen molar-refractivity contribution in [2.75, 3.05) is 0 Å². The summed E-state index contributed by atoms with van der Waals surface area (Å²) in [5, 5.41) is 31.8. The highest BCUT2D eigenvalue weighted by Crippen LogP contribution is 2.45. The molecule has 0 aliphatic heterocycles. The van der Waals surface area contributed by atoms with Gasteiger partial charge in [-0.3, -0.25) is 9.89 Å². The molecule has 7 nitrogen and oxygen atoms in total. The number of nitrogens with zero attached hydrogens (tertiary/aromatic N) is 3. The summed E-state index contributed by atoms with van der Waals surface area (Å²) in [5.41, 5.74) is 3.55. The highest BCUT2D eigenvalue weighted by atomic mass is 19.4. The van der Waals surface area contributed by atoms with Crippen molar-refractivity contribution in [3.63, 3.8) is 0 Å². The Hall–Kier alpha value is -3.40. The van der Waals surface area contributed by atoms with Crippen LogP contribution in [-0.2, 0) is 0 Å². The number of azo groups is 1. The van der Waals surface area contributed by atoms with E-state index < -0.39 is 23.8 Å². The number of halogens is 3. The number of aliphatic hydroxyl groups is 1. The summed E-state index contributed by atoms with van der Waals surface area (Å²) in [5.74, 6) is -1.47. The van der Waals surface area contributed by atoms with E-state index in [1.165, 1.54) is 10.7 Å². The number of aromatic amines is 1. The molecule has 3 unspecified atom stereocenters. The smallest absolute Gasteiger partial charge is 0.414 e. The third-order valence-corrected chi connectivity index (χ3v) is 7.03. The van der Waals surface area contributed by atoms with Gasteiger partial charge in [-0.05, 0) is 86.8 Å². The van der Waals surface area contributed by atoms with Crippen molar-refractivity contribution in [3.05, 3.63) is 69.1 Å². The molecule has 2 aromatic carbocycles. The van der Waals surface area contributed by atoms with Crippen LogP contribution in [0.4, 0.5) is 24.5 Å². The number of phenolic OH excluding ortho intramolecular Hbond substituents is 1. The molecule has 3 N–H and O–H groups in total. The average Bonchev–Trinajstić information content (AvgIpc) is 3.12. The third-order valence-electron chi connectivity index (χ3n) is 7.03. The number of alkyl halides is 3. The molecule has 1 heterocycles. The molecular formula is C26H29F3N4O3. The van der Waals surface area contributed by atoms with E-state index in [0.717, 1.165) is 11.1 Å². The second-order valence-corrected chi connectivity index (χ2v) is 9.52. The van der Waals surface area contributed by atoms with Gasteiger partial charge in [0.05, 0.1) is 11.4 Å². The van der Waals surface area contributed by atoms with Gasteiger partial charge >= 0.3 is 6.18 Å². The maximum absolute atomic E-state index is 13.0. The van der Waals surface area contributed by atoms with Gasteiger partial charge in [-0.1, -0.05) is 24.6 Å². The molecule has 0 bridgehead atoms. The van der Waals surface area contributed by atoms with Crippen LogP contribution in [0.1, 0.15) is 54.0 Å². The summed E-state index contributed by atoms with van der Waals surface area (Å²) in [6.45, 7) is 5.63. The van der Waals surface area contributed by atoms with Gasteiger partial charge in [0.25, 0.3) is 5.56 Å². The van der Waals surface area contributed by atoms with Crippen molar-refractivity contribution in [3.8, 4) is 11.4 Å². The molecule has 1 aromatic heterocycles. The van der Waals surface area contributed by atoms with Crippen molar-refractivity contribution in [1.29, 1.82) is 0 Å². The van der Waals surface area contributed by atoms with E-state index in [1.807, 2.05) is 32.0 Å². The SMILES string of the molecule is Cc1ccc(-n2[nH]c(C)c(N=Nc3cccc(C4CCCC(C(O)C(F)(F)F)C4)c3O)c2=O)cc1C. The van der Waals surface area contributed by atoms with Crippen LogP contribution in [-0.4, -0.2) is 32.3 Å². The first-order valence-corrected chi connectivity index (χ1v) is 11.8. The second-order valence-electron chi connectivity index (χ2n) is 9.52. The molecule has 1 aliphatic carbocycles. The Balaban J connectivity index is 1.60. The van der Waals surface area contributed by atoms with E-state index in [-0.39, 0.29) is 35.9 Å². The maximum Gasteiger partial charge on any atom is 0.414 e. The normalized spacial score (nSPS) is 19.6. The topological polar surface area (TPSA) is 103 Å². The Bertz CT molecular complexity index is 1340. The number of nitrogens with one attached hydrogen (secondary N) is 1. The van der Waals surface area contributed by atoms with Crippen molar-refractivity contribution in [2.24, 2.45) is 16.1 Å². The van der Waals surface area contributed by atoms with Gasteiger partial charge in [-0.15, -0.1) is 10.2 Å². The summed E-state index contributed by atoms with van der Waals surface area (Å²) in [6, 6.07) is 10.4. The first kappa shape index (κ1) is 25.7. The van der Waals surface area contributed by atoms with Crippen LogP contribution in [0.5, 0.6) is 5.75 Å². The molecule has 0 amide bonds. The Morgan fingerprint density at radius 3 is 2.53 bits per heavy atom. The van der Waals surface area contributed by atoms with Crippen LogP contribution in [0, 0.1) is 26.7 Å². The molecule has 3 aromatic rings. The lowest BCUT2D eigenvalue weighted by Crippen LogP contribution is -2.38. The van der Waals surface area contributed by atoms with Gasteiger partial charge in [-0.2, -0.15) is 13.2 Å². The number of aromatic nitrogens is 2. The molecule has 3 atom stereocenters. The fourth-order valence-electron chi connectivity index (χ4n) is 4.83. The van der Waals surface area contributed by atoms with E-state index in [2.05, 4.69) is 15.3 Å². The Morgan fingerprint density at radius 2 is 1.83 bits per heavy atom. The lowest BCUT2D eigenvalue weighted by atomic mass is 9.75. The van der Waals surface area contributed by atoms with Gasteiger partial charge in [0.15, 0.2) is 11.8 Å². The van der Waals surface area contributed by atoms with Gasteiger partial charge in [0.2, 0.25) is 0 Å². The Labute approximate surface area is 206 Å². The third kappa shape index (κ3) is 5.09. The number of aromatic hydroxyl groups is 1. The van der Waals surface area contributed by atoms with Gasteiger partial charge in [0.1, 0.15) is 11.4 Å². The van der Waals surface area contributed by atoms with Gasteiger partial charge < -0.3 is 10.2 Å². The summed E-state index contributed by atoms with van der Waals surface area (Å²) in [7, 11) is 0. The molecule has 0 saturated heterocycles. The summed E-state index contributed by atoms with van der Waals surface area (Å²) in [6.07, 6.45) is -5.59. The number of para-hydroxylation sites is 1. The van der Waals surface area contributed by atoms with Crippen LogP contribution in [0.2, 0.25) is 0 Å². The van der Waals surface area contributed by atoms with E-state index in [9.17, 15) is 28.2 Å². The van der Waals surface area contributed by atoms with Gasteiger partial charge in [0, 0.05) is 0 Å². The predicted molar refractivity (Wildman–Crippen MR) is 130 cm³/mol. The molecule has 192 valence electrons. The summed E-state index contributed by atoms with van der Waals surface area (Å²) >= 11 is 0. The Kier molecular flexibility index (Phi) is 7.08. The largest absolute Gasteiger partial charge is 0.505 e. The molecule has 36 heavy (non-hydrogen) atoms. The van der Waals surface area contributed by atoms with Crippen molar-refractivity contribution in [2.45, 2.75) is 64.7 Å². The van der Waals surface area contributed by atoms with Crippen LogP contribution in [0.3, 0.4) is 0 Å². The minimum Gasteiger partial charge on any atom is -0.505 e. The van der Waals surface area contributed by atoms with E-state index in [0.29, 0.717) is 29.8 Å². The van der Waals surface area contributed by atoms with E-state index >= 15 is 0 Å². The fourth-order valence-corrected chi connectivity index (χ4v) is 4.83. The number of hydrogen-bond donors (Lipinski definition) is 3. The molecule has 4 rings (SSSR count). The number of aryl methyl sites for hydroxylation is 3. The van der Waals surface area contributed by atoms with Crippen LogP contribution < -0.4 is 5.56 Å². The average molecular weight is 503 g/mol. The van der Waals surface area contributed by atoms with Crippen molar-refractivity contribution < 1.29 is 23.4 Å². The van der Waals surface area contributed by atoms with E-state index in [1.54, 1.807) is 19.1 Å². The number of H-pyrrole nitrogens is 1. The Morgan fingerprint density at radius 1 is 1.08 bits per heavy atom. The molecule has 10 heteroatoms. The number of phenols is 1. The lowest BCUT2D eigenvalue weighted by molar-refractivity contribution is -0.222. The van der Waals surface area contributed by atoms with Gasteiger partial charge in [-0.25, -0.2) is 4.68 Å². The standard InChI is InChI=1S/C26H29F3N4O3/c1-14-10-11-19(12-15(14)2)33-25(36)22(16(3)32-33)31-30-21-9-5-8-20(23(21)34)17-6-4-7-18(13-17)24(35)26(27,28)29/h5,8-12,17-18,24,32,34-35H,4,6-7,13H2,1-3H3. The first-order valence-electron chi connectivity index (χ1n) is 11.8. The van der Waals surface area contributed by atoms with Crippen molar-refractivity contribution >= 4 is 11.4 Å². The lowest BCUT2D eigenvalue weighted by Gasteiger charge is -2.33. The zero-order valence-electron chi connectivity index (χ0n) is 20.3. The van der Waals surface area contributed by atoms with Crippen molar-refractivity contribution in [1.82, 2.24) is 9.78 Å². The summed E-state index contributed by atoms with van der Waals surface area (Å²) in [4.78, 5) is 13.0. The number of rotatable bonds is 5. The van der Waals surface area contributed by atoms with E-state index in [4.69, 9.17) is 0 Å². The van der Waals surface area contributed by atoms with Crippen LogP contribution >= 0.6 is 0 Å². The number of benzene rings is 2. The first-order chi connectivity index (χ1) is 17.0. The molecule has 1 aliphatic rings. The highest BCUT2D eigenvalue weighted by Gasteiger charge is 2.45. The number of hydrogen-bond acceptors (Lipinski definition) is 5. The van der Waals surface area contributed by atoms with Crippen LogP contribution in [0.15, 0.2) is 51.4 Å². The monoisotopic (exact) mass is 502 g/mol. The predicted octanol–water partition coefficient (Wildman–Crippen LogP) is 6.41.